The van der Waals surface area contributed by atoms with Gasteiger partial charge in [-0.2, -0.15) is 0 Å². The highest BCUT2D eigenvalue weighted by Gasteiger charge is 2.58. The molecule has 0 spiro atoms. The Morgan fingerprint density at radius 3 is 1.84 bits per heavy atom. The van der Waals surface area contributed by atoms with Crippen molar-refractivity contribution in [2.45, 2.75) is 55.2 Å². The summed E-state index contributed by atoms with van der Waals surface area (Å²) in [6.45, 7) is 2.58. The van der Waals surface area contributed by atoms with Crippen LogP contribution in [0.3, 0.4) is 0 Å². The van der Waals surface area contributed by atoms with Gasteiger partial charge in [0.15, 0.2) is 12.2 Å². The summed E-state index contributed by atoms with van der Waals surface area (Å²) < 4.78 is 24.0. The van der Waals surface area contributed by atoms with Gasteiger partial charge in [-0.05, 0) is 12.1 Å². The zero-order chi connectivity index (χ0) is 27.7. The molecule has 2 heterocycles. The van der Waals surface area contributed by atoms with Crippen LogP contribution >= 0.6 is 34.8 Å². The van der Waals surface area contributed by atoms with Crippen molar-refractivity contribution in [2.75, 3.05) is 6.61 Å². The molecule has 0 bridgehead atoms. The molecule has 5 unspecified atom stereocenters. The number of alkyl halides is 3. The molecule has 2 amide bonds. The number of fused-ring (bicyclic) bond motifs is 1. The minimum atomic E-state index is -2.61. The van der Waals surface area contributed by atoms with E-state index in [1.54, 1.807) is 0 Å². The predicted octanol–water partition coefficient (Wildman–Crippen LogP) is 1.72. The van der Waals surface area contributed by atoms with Gasteiger partial charge < -0.3 is 23.7 Å². The molecule has 0 N–H and O–H groups in total. The van der Waals surface area contributed by atoms with Crippen molar-refractivity contribution in [2.24, 2.45) is 0 Å². The SMILES string of the molecule is CC(=O)OCC1OC(OC(=O)C(Cl)(Cl)Cl)C(N2C(=O)c3ccccc3C2=O)C(OC(C)=O)C1OC(C)=O. The van der Waals surface area contributed by atoms with Gasteiger partial charge in [-0.15, -0.1) is 0 Å². The monoisotopic (exact) mass is 579 g/mol. The molecule has 200 valence electrons. The molecular formula is C22H20Cl3NO11. The van der Waals surface area contributed by atoms with E-state index in [4.69, 9.17) is 58.5 Å². The molecule has 1 aromatic carbocycles. The van der Waals surface area contributed by atoms with Crippen molar-refractivity contribution in [1.82, 2.24) is 4.90 Å². The Morgan fingerprint density at radius 2 is 1.38 bits per heavy atom. The lowest BCUT2D eigenvalue weighted by Crippen LogP contribution is -2.68. The number of ether oxygens (including phenoxy) is 5. The fourth-order valence-electron chi connectivity index (χ4n) is 3.90. The normalized spacial score (nSPS) is 25.2. The van der Waals surface area contributed by atoms with E-state index in [1.807, 2.05) is 0 Å². The smallest absolute Gasteiger partial charge is 0.360 e. The topological polar surface area (TPSA) is 152 Å². The number of carbonyl (C=O) groups is 6. The quantitative estimate of drug-likeness (QED) is 0.209. The van der Waals surface area contributed by atoms with E-state index < -0.39 is 76.7 Å². The largest absolute Gasteiger partial charge is 0.463 e. The number of carbonyl (C=O) groups excluding carboxylic acids is 6. The first-order valence-electron chi connectivity index (χ1n) is 10.6. The lowest BCUT2D eigenvalue weighted by molar-refractivity contribution is -0.279. The Hall–Kier alpha value is -2.93. The van der Waals surface area contributed by atoms with E-state index in [1.165, 1.54) is 24.3 Å². The Labute approximate surface area is 224 Å². The summed E-state index contributed by atoms with van der Waals surface area (Å²) >= 11 is 16.9. The Balaban J connectivity index is 2.14. The Morgan fingerprint density at radius 1 is 0.865 bits per heavy atom. The van der Waals surface area contributed by atoms with Crippen LogP contribution in [0.4, 0.5) is 0 Å². The second kappa shape index (κ2) is 11.2. The molecule has 2 aliphatic heterocycles. The molecule has 1 aromatic rings. The number of hydrogen-bond acceptors (Lipinski definition) is 11. The third kappa shape index (κ3) is 6.32. The predicted molar refractivity (Wildman–Crippen MR) is 124 cm³/mol. The number of benzene rings is 1. The van der Waals surface area contributed by atoms with Gasteiger partial charge in [0.1, 0.15) is 18.8 Å². The van der Waals surface area contributed by atoms with Crippen molar-refractivity contribution in [3.63, 3.8) is 0 Å². The average molecular weight is 581 g/mol. The van der Waals surface area contributed by atoms with E-state index in [0.717, 1.165) is 20.8 Å². The maximum Gasteiger partial charge on any atom is 0.360 e. The second-order valence-electron chi connectivity index (χ2n) is 7.91. The van der Waals surface area contributed by atoms with Crippen LogP contribution in [0, 0.1) is 0 Å². The first-order chi connectivity index (χ1) is 17.2. The molecule has 2 aliphatic rings. The lowest BCUT2D eigenvalue weighted by Gasteiger charge is -2.46. The molecule has 1 fully saturated rings. The van der Waals surface area contributed by atoms with Crippen LogP contribution in [-0.2, 0) is 42.9 Å². The van der Waals surface area contributed by atoms with Crippen LogP contribution < -0.4 is 0 Å². The standard InChI is InChI=1S/C22H20Cl3NO11/c1-9(27)33-8-14-16(34-10(2)28)17(35-11(3)29)15(20(36-14)37-21(32)22(23,24)25)26-18(30)12-6-4-5-7-13(12)19(26)31/h4-7,14-17,20H,8H2,1-3H3. The molecule has 1 saturated heterocycles. The molecule has 0 saturated carbocycles. The van der Waals surface area contributed by atoms with Crippen LogP contribution in [0.25, 0.3) is 0 Å². The number of imide groups is 1. The molecule has 12 nitrogen and oxygen atoms in total. The van der Waals surface area contributed by atoms with Crippen molar-refractivity contribution >= 4 is 70.5 Å². The zero-order valence-electron chi connectivity index (χ0n) is 19.5. The van der Waals surface area contributed by atoms with Crippen molar-refractivity contribution < 1.29 is 52.5 Å². The highest BCUT2D eigenvalue weighted by Crippen LogP contribution is 2.37. The number of nitrogens with zero attached hydrogens (tertiary/aromatic N) is 1. The number of halogens is 3. The van der Waals surface area contributed by atoms with Gasteiger partial charge in [-0.25, -0.2) is 4.79 Å². The minimum absolute atomic E-state index is 0.00611. The van der Waals surface area contributed by atoms with Crippen molar-refractivity contribution in [1.29, 1.82) is 0 Å². The highest BCUT2D eigenvalue weighted by molar-refractivity contribution is 6.75. The fraction of sp³-hybridized carbons (Fsp3) is 0.455. The van der Waals surface area contributed by atoms with Crippen molar-refractivity contribution in [3.8, 4) is 0 Å². The molecule has 5 atom stereocenters. The van der Waals surface area contributed by atoms with Gasteiger partial charge in [0, 0.05) is 20.8 Å². The number of rotatable bonds is 6. The summed E-state index contributed by atoms with van der Waals surface area (Å²) in [5.74, 6) is -5.67. The fourth-order valence-corrected chi connectivity index (χ4v) is 4.04. The second-order valence-corrected chi connectivity index (χ2v) is 10.2. The van der Waals surface area contributed by atoms with Crippen LogP contribution in [0.2, 0.25) is 0 Å². The Kier molecular flexibility index (Phi) is 8.68. The summed E-state index contributed by atoms with van der Waals surface area (Å²) in [5.41, 5.74) is 0.0122. The third-order valence-corrected chi connectivity index (χ3v) is 5.71. The Bertz CT molecular complexity index is 1100. The maximum atomic E-state index is 13.3. The highest BCUT2D eigenvalue weighted by atomic mass is 35.6. The average Bonchev–Trinajstić information content (AvgIpc) is 3.03. The van der Waals surface area contributed by atoms with E-state index in [-0.39, 0.29) is 11.1 Å². The van der Waals surface area contributed by atoms with Gasteiger partial charge in [0.25, 0.3) is 15.6 Å². The number of amides is 2. The molecule has 3 rings (SSSR count). The molecular weight excluding hydrogens is 561 g/mol. The molecule has 0 aromatic heterocycles. The molecule has 0 aliphatic carbocycles. The maximum absolute atomic E-state index is 13.3. The van der Waals surface area contributed by atoms with E-state index in [9.17, 15) is 28.8 Å². The van der Waals surface area contributed by atoms with Crippen LogP contribution in [0.5, 0.6) is 0 Å². The number of esters is 4. The van der Waals surface area contributed by atoms with E-state index in [0.29, 0.717) is 4.90 Å². The van der Waals surface area contributed by atoms with Gasteiger partial charge in [-0.1, -0.05) is 46.9 Å². The lowest BCUT2D eigenvalue weighted by atomic mass is 9.94. The van der Waals surface area contributed by atoms with Gasteiger partial charge in [-0.3, -0.25) is 28.9 Å². The van der Waals surface area contributed by atoms with E-state index >= 15 is 0 Å². The van der Waals surface area contributed by atoms with Crippen LogP contribution in [0.15, 0.2) is 24.3 Å². The summed E-state index contributed by atoms with van der Waals surface area (Å²) in [5, 5.41) is 0. The van der Waals surface area contributed by atoms with E-state index in [2.05, 4.69) is 0 Å². The first-order valence-corrected chi connectivity index (χ1v) is 11.7. The zero-order valence-corrected chi connectivity index (χ0v) is 21.7. The first kappa shape index (κ1) is 28.6. The summed E-state index contributed by atoms with van der Waals surface area (Å²) in [6, 6.07) is 4.09. The van der Waals surface area contributed by atoms with Crippen molar-refractivity contribution in [3.05, 3.63) is 35.4 Å². The van der Waals surface area contributed by atoms with Gasteiger partial charge in [0.2, 0.25) is 6.29 Å². The summed E-state index contributed by atoms with van der Waals surface area (Å²) in [7, 11) is 0. The van der Waals surface area contributed by atoms with Crippen LogP contribution in [-0.4, -0.2) is 81.6 Å². The third-order valence-electron chi connectivity index (χ3n) is 5.25. The van der Waals surface area contributed by atoms with Crippen LogP contribution in [0.1, 0.15) is 41.5 Å². The molecule has 15 heteroatoms. The summed E-state index contributed by atoms with van der Waals surface area (Å²) in [4.78, 5) is 75.2. The molecule has 0 radical (unpaired) electrons. The number of hydrogen-bond donors (Lipinski definition) is 0. The molecule has 37 heavy (non-hydrogen) atoms. The minimum Gasteiger partial charge on any atom is -0.463 e. The van der Waals surface area contributed by atoms with Gasteiger partial charge in [0.05, 0.1) is 11.1 Å². The summed E-state index contributed by atoms with van der Waals surface area (Å²) in [6.07, 6.45) is -6.51. The van der Waals surface area contributed by atoms with Gasteiger partial charge >= 0.3 is 23.9 Å².